The van der Waals surface area contributed by atoms with Crippen LogP contribution in [0.4, 0.5) is 0 Å². The number of nitrogens with one attached hydrogen (secondary N) is 1. The minimum atomic E-state index is -0.0932. The maximum atomic E-state index is 9.16. The molecular formula is C9H12BrNO2Pb. The van der Waals surface area contributed by atoms with Gasteiger partial charge >= 0.3 is 27.3 Å². The van der Waals surface area contributed by atoms with E-state index < -0.39 is 0 Å². The first-order chi connectivity index (χ1) is 5.66. The zero-order valence-electron chi connectivity index (χ0n) is 7.74. The number of phenolic OH excluding ortho intramolecular Hbond substituents is 2. The van der Waals surface area contributed by atoms with Crippen LogP contribution >= 0.6 is 17.0 Å². The summed E-state index contributed by atoms with van der Waals surface area (Å²) in [7, 11) is 0. The van der Waals surface area contributed by atoms with Gasteiger partial charge in [0, 0.05) is 22.7 Å². The van der Waals surface area contributed by atoms with Gasteiger partial charge in [-0.15, -0.1) is 17.0 Å². The summed E-state index contributed by atoms with van der Waals surface area (Å²) in [6.07, 6.45) is 0. The van der Waals surface area contributed by atoms with E-state index in [2.05, 4.69) is 4.98 Å². The summed E-state index contributed by atoms with van der Waals surface area (Å²) < 4.78 is 0. The molecule has 1 aromatic heterocycles. The van der Waals surface area contributed by atoms with Crippen molar-refractivity contribution in [3.63, 3.8) is 0 Å². The third-order valence-electron chi connectivity index (χ3n) is 1.85. The van der Waals surface area contributed by atoms with Crippen molar-refractivity contribution in [2.45, 2.75) is 6.92 Å². The first-order valence-electron chi connectivity index (χ1n) is 3.68. The van der Waals surface area contributed by atoms with Crippen molar-refractivity contribution in [2.24, 2.45) is 0 Å². The van der Waals surface area contributed by atoms with Gasteiger partial charge in [-0.3, -0.25) is 0 Å². The van der Waals surface area contributed by atoms with Crippen LogP contribution in [0.25, 0.3) is 10.9 Å². The Balaban J connectivity index is 0.000000845. The number of phenols is 2. The molecule has 2 rings (SSSR count). The molecule has 0 saturated heterocycles. The molecule has 14 heavy (non-hydrogen) atoms. The molecule has 1 heterocycles. The SMILES string of the molecule is Br.Cc1cc2cc(O)c(O)cc2[nH]1.[PbH2]. The topological polar surface area (TPSA) is 56.2 Å². The number of hydrogen-bond acceptors (Lipinski definition) is 2. The third kappa shape index (κ3) is 2.41. The van der Waals surface area contributed by atoms with Crippen LogP contribution in [0.1, 0.15) is 5.69 Å². The zero-order chi connectivity index (χ0) is 8.72. The Morgan fingerprint density at radius 1 is 1.07 bits per heavy atom. The Kier molecular flexibility index (Phi) is 4.93. The normalized spacial score (nSPS) is 9.21. The molecule has 5 heteroatoms. The van der Waals surface area contributed by atoms with Crippen molar-refractivity contribution in [1.29, 1.82) is 0 Å². The molecule has 3 nitrogen and oxygen atoms in total. The molecule has 3 N–H and O–H groups in total. The fourth-order valence-corrected chi connectivity index (χ4v) is 1.30. The molecule has 0 unspecified atom stereocenters. The number of aromatic nitrogens is 1. The van der Waals surface area contributed by atoms with E-state index in [1.54, 1.807) is 0 Å². The Morgan fingerprint density at radius 2 is 1.64 bits per heavy atom. The van der Waals surface area contributed by atoms with E-state index >= 15 is 0 Å². The molecule has 2 aromatic rings. The summed E-state index contributed by atoms with van der Waals surface area (Å²) in [5, 5.41) is 19.2. The summed E-state index contributed by atoms with van der Waals surface area (Å²) in [4.78, 5) is 3.06. The summed E-state index contributed by atoms with van der Waals surface area (Å²) in [5.74, 6) is -0.175. The zero-order valence-corrected chi connectivity index (χ0v) is 15.0. The van der Waals surface area contributed by atoms with Gasteiger partial charge in [-0.1, -0.05) is 0 Å². The Bertz CT molecular complexity index is 403. The van der Waals surface area contributed by atoms with Crippen molar-refractivity contribution >= 4 is 55.2 Å². The second-order valence-corrected chi connectivity index (χ2v) is 2.88. The van der Waals surface area contributed by atoms with Gasteiger partial charge in [-0.25, -0.2) is 0 Å². The molecule has 0 atom stereocenters. The number of H-pyrrole nitrogens is 1. The van der Waals surface area contributed by atoms with E-state index in [9.17, 15) is 0 Å². The van der Waals surface area contributed by atoms with E-state index in [0.717, 1.165) is 16.6 Å². The summed E-state index contributed by atoms with van der Waals surface area (Å²) in [6.45, 7) is 1.92. The molecule has 0 amide bonds. The van der Waals surface area contributed by atoms with Crippen LogP contribution in [0.5, 0.6) is 11.5 Å². The predicted molar refractivity (Wildman–Crippen MR) is 65.2 cm³/mol. The van der Waals surface area contributed by atoms with Crippen molar-refractivity contribution in [3.05, 3.63) is 23.9 Å². The third-order valence-corrected chi connectivity index (χ3v) is 1.85. The van der Waals surface area contributed by atoms with E-state index in [0.29, 0.717) is 0 Å². The van der Waals surface area contributed by atoms with Crippen molar-refractivity contribution < 1.29 is 10.2 Å². The van der Waals surface area contributed by atoms with Crippen LogP contribution in [-0.4, -0.2) is 42.5 Å². The molecule has 0 aliphatic carbocycles. The standard InChI is InChI=1S/C9H9NO2.BrH.Pb.2H/c1-5-2-6-3-8(11)9(12)4-7(6)10-5;;;;/h2-4,10-12H,1H3;1H;;;. The number of aryl methyl sites for hydroxylation is 1. The second-order valence-electron chi connectivity index (χ2n) is 2.88. The van der Waals surface area contributed by atoms with Crippen LogP contribution in [-0.2, 0) is 0 Å². The Labute approximate surface area is 112 Å². The van der Waals surface area contributed by atoms with Gasteiger partial charge in [0.2, 0.25) is 0 Å². The number of fused-ring (bicyclic) bond motifs is 1. The minimum absolute atomic E-state index is 0. The van der Waals surface area contributed by atoms with Gasteiger partial charge in [-0.05, 0) is 19.1 Å². The van der Waals surface area contributed by atoms with E-state index in [1.165, 1.54) is 12.1 Å². The Morgan fingerprint density at radius 3 is 2.29 bits per heavy atom. The molecule has 0 saturated carbocycles. The summed E-state index contributed by atoms with van der Waals surface area (Å²) in [5.41, 5.74) is 1.85. The molecule has 0 aliphatic rings. The number of aromatic amines is 1. The number of aromatic hydroxyl groups is 2. The average Bonchev–Trinajstić information content (AvgIpc) is 2.30. The quantitative estimate of drug-likeness (QED) is 0.419. The number of benzene rings is 1. The fraction of sp³-hybridized carbons (Fsp3) is 0.111. The number of halogens is 1. The molecule has 2 radical (unpaired) electrons. The van der Waals surface area contributed by atoms with E-state index in [1.807, 2.05) is 13.0 Å². The van der Waals surface area contributed by atoms with Crippen LogP contribution in [0.2, 0.25) is 0 Å². The van der Waals surface area contributed by atoms with Gasteiger partial charge in [0.05, 0.1) is 0 Å². The molecule has 0 bridgehead atoms. The second kappa shape index (κ2) is 5.02. The van der Waals surface area contributed by atoms with Crippen LogP contribution in [0.15, 0.2) is 18.2 Å². The Hall–Kier alpha value is -0.238. The summed E-state index contributed by atoms with van der Waals surface area (Å²) >= 11 is 0. The molecular weight excluding hydrogens is 441 g/mol. The van der Waals surface area contributed by atoms with Gasteiger partial charge < -0.3 is 15.2 Å². The van der Waals surface area contributed by atoms with Gasteiger partial charge in [-0.2, -0.15) is 0 Å². The molecule has 0 aliphatic heterocycles. The summed E-state index contributed by atoms with van der Waals surface area (Å²) in [6, 6.07) is 4.96. The molecule has 76 valence electrons. The first-order valence-corrected chi connectivity index (χ1v) is 3.68. The van der Waals surface area contributed by atoms with Gasteiger partial charge in [0.25, 0.3) is 0 Å². The van der Waals surface area contributed by atoms with Crippen molar-refractivity contribution in [2.75, 3.05) is 0 Å². The number of hydrogen-bond donors (Lipinski definition) is 3. The molecule has 0 fully saturated rings. The van der Waals surface area contributed by atoms with Gasteiger partial charge in [0.15, 0.2) is 11.5 Å². The van der Waals surface area contributed by atoms with Crippen LogP contribution < -0.4 is 0 Å². The van der Waals surface area contributed by atoms with Crippen LogP contribution in [0.3, 0.4) is 0 Å². The van der Waals surface area contributed by atoms with E-state index in [4.69, 9.17) is 10.2 Å². The molecule has 0 spiro atoms. The van der Waals surface area contributed by atoms with Crippen LogP contribution in [0, 0.1) is 6.92 Å². The number of rotatable bonds is 0. The van der Waals surface area contributed by atoms with Crippen molar-refractivity contribution in [3.8, 4) is 11.5 Å². The first kappa shape index (κ1) is 13.8. The van der Waals surface area contributed by atoms with E-state index in [-0.39, 0.29) is 55.8 Å². The fourth-order valence-electron chi connectivity index (χ4n) is 1.30. The van der Waals surface area contributed by atoms with Crippen molar-refractivity contribution in [1.82, 2.24) is 4.98 Å². The average molecular weight is 453 g/mol. The monoisotopic (exact) mass is 453 g/mol. The van der Waals surface area contributed by atoms with Gasteiger partial charge in [0.1, 0.15) is 0 Å². The predicted octanol–water partition coefficient (Wildman–Crippen LogP) is 1.55. The molecule has 1 aromatic carbocycles. The maximum absolute atomic E-state index is 9.16.